The minimum atomic E-state index is 0.566. The molecule has 4 heteroatoms. The Kier molecular flexibility index (Phi) is 2.02. The zero-order valence-corrected chi connectivity index (χ0v) is 7.75. The van der Waals surface area contributed by atoms with Crippen molar-refractivity contribution < 1.29 is 4.74 Å². The van der Waals surface area contributed by atoms with Gasteiger partial charge in [-0.1, -0.05) is 11.6 Å². The normalized spacial score (nSPS) is 10.3. The summed E-state index contributed by atoms with van der Waals surface area (Å²) in [4.78, 5) is 8.12. The molecular formula is C9H7ClN2O. The molecular weight excluding hydrogens is 188 g/mol. The predicted molar refractivity (Wildman–Crippen MR) is 51.1 cm³/mol. The monoisotopic (exact) mass is 194 g/mol. The molecule has 0 aliphatic rings. The van der Waals surface area contributed by atoms with E-state index >= 15 is 0 Å². The molecule has 0 amide bonds. The Bertz CT molecular complexity index is 445. The van der Waals surface area contributed by atoms with Gasteiger partial charge in [-0.3, -0.25) is 4.98 Å². The number of halogens is 1. The zero-order chi connectivity index (χ0) is 9.26. The molecule has 3 nitrogen and oxygen atoms in total. The first-order chi connectivity index (χ1) is 6.31. The second-order valence-electron chi connectivity index (χ2n) is 2.54. The summed E-state index contributed by atoms with van der Waals surface area (Å²) >= 11 is 5.91. The third-order valence-corrected chi connectivity index (χ3v) is 2.05. The molecule has 0 saturated heterocycles. The molecule has 0 spiro atoms. The van der Waals surface area contributed by atoms with E-state index in [2.05, 4.69) is 9.97 Å². The van der Waals surface area contributed by atoms with Gasteiger partial charge in [0, 0.05) is 17.6 Å². The van der Waals surface area contributed by atoms with E-state index in [1.807, 2.05) is 6.07 Å². The molecule has 0 unspecified atom stereocenters. The minimum Gasteiger partial charge on any atom is -0.481 e. The van der Waals surface area contributed by atoms with Crippen molar-refractivity contribution in [1.82, 2.24) is 9.97 Å². The fourth-order valence-electron chi connectivity index (χ4n) is 1.11. The molecule has 0 N–H and O–H groups in total. The van der Waals surface area contributed by atoms with Crippen LogP contribution in [0.1, 0.15) is 0 Å². The fourth-order valence-corrected chi connectivity index (χ4v) is 1.33. The van der Waals surface area contributed by atoms with Crippen LogP contribution in [0.15, 0.2) is 24.5 Å². The smallest absolute Gasteiger partial charge is 0.213 e. The lowest BCUT2D eigenvalue weighted by molar-refractivity contribution is 0.399. The average molecular weight is 195 g/mol. The molecule has 2 rings (SSSR count). The Morgan fingerprint density at radius 3 is 2.92 bits per heavy atom. The van der Waals surface area contributed by atoms with Gasteiger partial charge in [-0.2, -0.15) is 0 Å². The number of nitrogens with zero attached hydrogens (tertiary/aromatic N) is 2. The Labute approximate surface area is 80.3 Å². The number of aromatic nitrogens is 2. The highest BCUT2D eigenvalue weighted by Crippen LogP contribution is 2.22. The first-order valence-electron chi connectivity index (χ1n) is 3.75. The highest BCUT2D eigenvalue weighted by Gasteiger charge is 2.01. The van der Waals surface area contributed by atoms with Gasteiger partial charge in [0.15, 0.2) is 0 Å². The number of pyridine rings is 2. The molecule has 2 aromatic rings. The van der Waals surface area contributed by atoms with Gasteiger partial charge in [-0.05, 0) is 6.07 Å². The molecule has 2 aromatic heterocycles. The number of fused-ring (bicyclic) bond motifs is 1. The largest absolute Gasteiger partial charge is 0.481 e. The van der Waals surface area contributed by atoms with Crippen LogP contribution in [0.2, 0.25) is 5.02 Å². The topological polar surface area (TPSA) is 35.0 Å². The van der Waals surface area contributed by atoms with E-state index in [1.165, 1.54) is 0 Å². The molecule has 0 aliphatic carbocycles. The summed E-state index contributed by atoms with van der Waals surface area (Å²) in [6, 6.07) is 3.64. The van der Waals surface area contributed by atoms with Crippen molar-refractivity contribution in [3.63, 3.8) is 0 Å². The lowest BCUT2D eigenvalue weighted by atomic mass is 10.3. The summed E-state index contributed by atoms with van der Waals surface area (Å²) in [7, 11) is 1.58. The number of hydrogen-bond acceptors (Lipinski definition) is 3. The molecule has 2 heterocycles. The van der Waals surface area contributed by atoms with Crippen LogP contribution in [-0.2, 0) is 0 Å². The summed E-state index contributed by atoms with van der Waals surface area (Å²) in [5, 5.41) is 1.49. The predicted octanol–water partition coefficient (Wildman–Crippen LogP) is 2.29. The number of rotatable bonds is 1. The van der Waals surface area contributed by atoms with Crippen molar-refractivity contribution in [2.24, 2.45) is 0 Å². The molecule has 0 atom stereocenters. The molecule has 0 bridgehead atoms. The summed E-state index contributed by atoms with van der Waals surface area (Å²) in [5.74, 6) is 0.566. The van der Waals surface area contributed by atoms with Crippen molar-refractivity contribution in [3.8, 4) is 5.88 Å². The number of hydrogen-bond donors (Lipinski definition) is 0. The Hall–Kier alpha value is -1.35. The van der Waals surface area contributed by atoms with Crippen LogP contribution in [0.4, 0.5) is 0 Å². The number of ether oxygens (including phenoxy) is 1. The first kappa shape index (κ1) is 8.26. The Morgan fingerprint density at radius 1 is 1.31 bits per heavy atom. The molecule has 0 aliphatic heterocycles. The van der Waals surface area contributed by atoms with E-state index in [0.29, 0.717) is 10.9 Å². The Balaban J connectivity index is 2.72. The molecule has 0 saturated carbocycles. The first-order valence-corrected chi connectivity index (χ1v) is 4.13. The number of methoxy groups -OCH3 is 1. The molecule has 0 aromatic carbocycles. The summed E-state index contributed by atoms with van der Waals surface area (Å²) in [6.45, 7) is 0. The van der Waals surface area contributed by atoms with E-state index in [0.717, 1.165) is 10.9 Å². The lowest BCUT2D eigenvalue weighted by Gasteiger charge is -2.01. The highest BCUT2D eigenvalue weighted by molar-refractivity contribution is 6.35. The minimum absolute atomic E-state index is 0.566. The van der Waals surface area contributed by atoms with Crippen molar-refractivity contribution in [2.75, 3.05) is 7.11 Å². The van der Waals surface area contributed by atoms with Crippen molar-refractivity contribution in [3.05, 3.63) is 29.5 Å². The third kappa shape index (κ3) is 1.42. The van der Waals surface area contributed by atoms with E-state index in [-0.39, 0.29) is 0 Å². The van der Waals surface area contributed by atoms with Gasteiger partial charge in [0.25, 0.3) is 0 Å². The molecule has 0 radical (unpaired) electrons. The van der Waals surface area contributed by atoms with Gasteiger partial charge in [-0.15, -0.1) is 0 Å². The van der Waals surface area contributed by atoms with Gasteiger partial charge in [0.2, 0.25) is 5.88 Å². The van der Waals surface area contributed by atoms with Gasteiger partial charge in [-0.25, -0.2) is 4.98 Å². The van der Waals surface area contributed by atoms with Crippen LogP contribution in [-0.4, -0.2) is 17.1 Å². The van der Waals surface area contributed by atoms with E-state index in [1.54, 1.807) is 25.6 Å². The van der Waals surface area contributed by atoms with E-state index < -0.39 is 0 Å². The van der Waals surface area contributed by atoms with Gasteiger partial charge < -0.3 is 4.74 Å². The van der Waals surface area contributed by atoms with Gasteiger partial charge >= 0.3 is 0 Å². The van der Waals surface area contributed by atoms with Crippen LogP contribution in [0, 0.1) is 0 Å². The second kappa shape index (κ2) is 3.18. The van der Waals surface area contributed by atoms with E-state index in [4.69, 9.17) is 16.3 Å². The maximum atomic E-state index is 5.91. The van der Waals surface area contributed by atoms with Crippen molar-refractivity contribution in [2.45, 2.75) is 0 Å². The zero-order valence-electron chi connectivity index (χ0n) is 6.99. The van der Waals surface area contributed by atoms with Gasteiger partial charge in [0.1, 0.15) is 0 Å². The van der Waals surface area contributed by atoms with Crippen molar-refractivity contribution in [1.29, 1.82) is 0 Å². The highest BCUT2D eigenvalue weighted by atomic mass is 35.5. The van der Waals surface area contributed by atoms with Gasteiger partial charge in [0.05, 0.1) is 23.8 Å². The third-order valence-electron chi connectivity index (χ3n) is 1.75. The van der Waals surface area contributed by atoms with Crippen LogP contribution in [0.3, 0.4) is 0 Å². The standard InChI is InChI=1S/C9H7ClN2O/c1-13-9-3-2-6-7(10)4-11-5-8(6)12-9/h2-5H,1H3. The van der Waals surface area contributed by atoms with Crippen molar-refractivity contribution >= 4 is 22.5 Å². The molecule has 66 valence electrons. The SMILES string of the molecule is COc1ccc2c(Cl)cncc2n1. The maximum absolute atomic E-state index is 5.91. The van der Waals surface area contributed by atoms with Crippen LogP contribution in [0.25, 0.3) is 10.9 Å². The second-order valence-corrected chi connectivity index (χ2v) is 2.95. The van der Waals surface area contributed by atoms with E-state index in [9.17, 15) is 0 Å². The summed E-state index contributed by atoms with van der Waals surface area (Å²) in [5.41, 5.74) is 0.742. The molecule has 0 fully saturated rings. The summed E-state index contributed by atoms with van der Waals surface area (Å²) in [6.07, 6.45) is 3.25. The molecule has 13 heavy (non-hydrogen) atoms. The fraction of sp³-hybridized carbons (Fsp3) is 0.111. The van der Waals surface area contributed by atoms with Crippen LogP contribution < -0.4 is 4.74 Å². The van der Waals surface area contributed by atoms with Crippen LogP contribution in [0.5, 0.6) is 5.88 Å². The Morgan fingerprint density at radius 2 is 2.15 bits per heavy atom. The average Bonchev–Trinajstić information content (AvgIpc) is 2.18. The lowest BCUT2D eigenvalue weighted by Crippen LogP contribution is -1.88. The van der Waals surface area contributed by atoms with Crippen LogP contribution >= 0.6 is 11.6 Å². The quantitative estimate of drug-likeness (QED) is 0.699. The summed E-state index contributed by atoms with van der Waals surface area (Å²) < 4.78 is 4.98. The maximum Gasteiger partial charge on any atom is 0.213 e.